The summed E-state index contributed by atoms with van der Waals surface area (Å²) >= 11 is 0. The minimum atomic E-state index is -3.19. The van der Waals surface area contributed by atoms with Crippen molar-refractivity contribution >= 4 is 10.0 Å². The quantitative estimate of drug-likeness (QED) is 0.747. The van der Waals surface area contributed by atoms with Crippen molar-refractivity contribution in [2.24, 2.45) is 0 Å². The highest BCUT2D eigenvalue weighted by Gasteiger charge is 2.39. The van der Waals surface area contributed by atoms with E-state index < -0.39 is 10.0 Å². The van der Waals surface area contributed by atoms with Crippen molar-refractivity contribution in [1.82, 2.24) is 4.72 Å². The first-order valence-electron chi connectivity index (χ1n) is 6.83. The smallest absolute Gasteiger partial charge is 0.214 e. The Bertz CT molecular complexity index is 424. The lowest BCUT2D eigenvalue weighted by Gasteiger charge is -2.31. The van der Waals surface area contributed by atoms with E-state index in [1.807, 2.05) is 19.9 Å². The van der Waals surface area contributed by atoms with Crippen LogP contribution in [-0.2, 0) is 19.5 Å². The number of sulfonamides is 1. The van der Waals surface area contributed by atoms with Crippen molar-refractivity contribution in [3.8, 4) is 0 Å². The summed E-state index contributed by atoms with van der Waals surface area (Å²) in [6, 6.07) is -0.259. The molecule has 1 N–H and O–H groups in total. The van der Waals surface area contributed by atoms with E-state index >= 15 is 0 Å². The largest absolute Gasteiger partial charge is 0.380 e. The summed E-state index contributed by atoms with van der Waals surface area (Å²) in [4.78, 5) is 0. The van der Waals surface area contributed by atoms with E-state index in [2.05, 4.69) is 4.72 Å². The fraction of sp³-hybridized carbons (Fsp3) is 0.846. The Morgan fingerprint density at radius 3 is 2.74 bits per heavy atom. The third-order valence-electron chi connectivity index (χ3n) is 3.37. The van der Waals surface area contributed by atoms with Crippen LogP contribution in [-0.4, -0.2) is 45.6 Å². The van der Waals surface area contributed by atoms with Crippen LogP contribution >= 0.6 is 0 Å². The fourth-order valence-electron chi connectivity index (χ4n) is 2.05. The fourth-order valence-corrected chi connectivity index (χ4v) is 3.64. The first kappa shape index (κ1) is 15.0. The maximum Gasteiger partial charge on any atom is 0.214 e. The predicted molar refractivity (Wildman–Crippen MR) is 73.5 cm³/mol. The number of hydrogen-bond acceptors (Lipinski definition) is 4. The van der Waals surface area contributed by atoms with E-state index in [1.165, 1.54) is 5.57 Å². The molecular weight excluding hydrogens is 266 g/mol. The van der Waals surface area contributed by atoms with Gasteiger partial charge in [-0.25, -0.2) is 13.1 Å². The van der Waals surface area contributed by atoms with Crippen molar-refractivity contribution in [1.29, 1.82) is 0 Å². The molecule has 5 nitrogen and oxygen atoms in total. The van der Waals surface area contributed by atoms with Gasteiger partial charge in [0.2, 0.25) is 10.0 Å². The summed E-state index contributed by atoms with van der Waals surface area (Å²) in [5.74, 6) is 0. The second kappa shape index (κ2) is 6.35. The van der Waals surface area contributed by atoms with E-state index in [0.29, 0.717) is 19.8 Å². The van der Waals surface area contributed by atoms with Crippen molar-refractivity contribution in [3.05, 3.63) is 11.6 Å². The van der Waals surface area contributed by atoms with Gasteiger partial charge in [-0.1, -0.05) is 11.6 Å². The van der Waals surface area contributed by atoms with Crippen molar-refractivity contribution in [2.75, 3.05) is 19.8 Å². The molecule has 2 atom stereocenters. The van der Waals surface area contributed by atoms with Gasteiger partial charge < -0.3 is 9.47 Å². The van der Waals surface area contributed by atoms with Gasteiger partial charge >= 0.3 is 0 Å². The molecule has 19 heavy (non-hydrogen) atoms. The van der Waals surface area contributed by atoms with Crippen LogP contribution in [0.1, 0.15) is 33.1 Å². The Labute approximate surface area is 115 Å². The van der Waals surface area contributed by atoms with Crippen LogP contribution in [0.4, 0.5) is 0 Å². The standard InChI is InChI=1S/C13H23NO4S/c1-10(2)5-8-18-13-6-7-17-9-12(13)14-19(15,16)11-3-4-11/h5,11-14H,3-4,6-9H2,1-2H3/t12-,13+/m0/s1. The molecule has 2 fully saturated rings. The van der Waals surface area contributed by atoms with Crippen LogP contribution < -0.4 is 4.72 Å². The highest BCUT2D eigenvalue weighted by atomic mass is 32.2. The van der Waals surface area contributed by atoms with Crippen LogP contribution in [0, 0.1) is 0 Å². The van der Waals surface area contributed by atoms with Gasteiger partial charge in [0.1, 0.15) is 0 Å². The molecule has 0 spiro atoms. The van der Waals surface area contributed by atoms with Gasteiger partial charge in [-0.15, -0.1) is 0 Å². The number of rotatable bonds is 6. The van der Waals surface area contributed by atoms with Crippen molar-refractivity contribution in [3.63, 3.8) is 0 Å². The summed E-state index contributed by atoms with van der Waals surface area (Å²) in [5.41, 5.74) is 1.20. The van der Waals surface area contributed by atoms with Crippen LogP contribution in [0.2, 0.25) is 0 Å². The number of nitrogens with one attached hydrogen (secondary N) is 1. The van der Waals surface area contributed by atoms with Crippen molar-refractivity contribution < 1.29 is 17.9 Å². The molecule has 0 radical (unpaired) electrons. The minimum Gasteiger partial charge on any atom is -0.380 e. The first-order valence-corrected chi connectivity index (χ1v) is 8.37. The Morgan fingerprint density at radius 2 is 2.11 bits per heavy atom. The highest BCUT2D eigenvalue weighted by molar-refractivity contribution is 7.90. The average Bonchev–Trinajstić information content (AvgIpc) is 3.14. The molecule has 1 heterocycles. The lowest BCUT2D eigenvalue weighted by Crippen LogP contribution is -2.51. The third-order valence-corrected chi connectivity index (χ3v) is 5.35. The maximum atomic E-state index is 12.0. The zero-order valence-corrected chi connectivity index (χ0v) is 12.4. The number of hydrogen-bond donors (Lipinski definition) is 1. The topological polar surface area (TPSA) is 64.6 Å². The molecule has 2 aliphatic rings. The van der Waals surface area contributed by atoms with Crippen molar-refractivity contribution in [2.45, 2.75) is 50.5 Å². The SMILES string of the molecule is CC(C)=CCO[C@@H]1CCOC[C@@H]1NS(=O)(=O)C1CC1. The van der Waals surface area contributed by atoms with E-state index in [9.17, 15) is 8.42 Å². The van der Waals surface area contributed by atoms with Gasteiger partial charge in [-0.05, 0) is 33.1 Å². The normalized spacial score (nSPS) is 28.1. The Morgan fingerprint density at radius 1 is 1.37 bits per heavy atom. The predicted octanol–water partition coefficient (Wildman–Crippen LogP) is 1.21. The van der Waals surface area contributed by atoms with Crippen LogP contribution in [0.25, 0.3) is 0 Å². The second-order valence-electron chi connectivity index (χ2n) is 5.49. The first-order chi connectivity index (χ1) is 8.99. The van der Waals surface area contributed by atoms with Gasteiger partial charge in [-0.2, -0.15) is 0 Å². The summed E-state index contributed by atoms with van der Waals surface area (Å²) in [5, 5.41) is -0.201. The van der Waals surface area contributed by atoms with Crippen LogP contribution in [0.3, 0.4) is 0 Å². The molecule has 110 valence electrons. The van der Waals surface area contributed by atoms with Gasteiger partial charge in [0.15, 0.2) is 0 Å². The summed E-state index contributed by atoms with van der Waals surface area (Å²) in [6.45, 7) is 5.57. The minimum absolute atomic E-state index is 0.0992. The molecule has 0 aromatic carbocycles. The molecule has 1 saturated heterocycles. The van der Waals surface area contributed by atoms with Gasteiger partial charge in [-0.3, -0.25) is 0 Å². The van der Waals surface area contributed by atoms with E-state index in [0.717, 1.165) is 19.3 Å². The monoisotopic (exact) mass is 289 g/mol. The highest BCUT2D eigenvalue weighted by Crippen LogP contribution is 2.28. The third kappa shape index (κ3) is 4.56. The maximum absolute atomic E-state index is 12.0. The molecule has 0 unspecified atom stereocenters. The summed E-state index contributed by atoms with van der Waals surface area (Å²) in [7, 11) is -3.19. The molecule has 0 amide bonds. The van der Waals surface area contributed by atoms with E-state index in [4.69, 9.17) is 9.47 Å². The van der Waals surface area contributed by atoms with Gasteiger partial charge in [0.05, 0.1) is 30.6 Å². The van der Waals surface area contributed by atoms with Crippen LogP contribution in [0.5, 0.6) is 0 Å². The Hall–Kier alpha value is -0.430. The Kier molecular flexibility index (Phi) is 5.00. The molecule has 1 aliphatic heterocycles. The number of allylic oxidation sites excluding steroid dienone is 1. The second-order valence-corrected chi connectivity index (χ2v) is 7.48. The molecule has 6 heteroatoms. The summed E-state index contributed by atoms with van der Waals surface area (Å²) in [6.07, 6.45) is 4.17. The zero-order chi connectivity index (χ0) is 13.9. The van der Waals surface area contributed by atoms with Gasteiger partial charge in [0.25, 0.3) is 0 Å². The molecule has 0 bridgehead atoms. The average molecular weight is 289 g/mol. The number of ether oxygens (including phenoxy) is 2. The molecule has 0 aromatic rings. The molecule has 1 aliphatic carbocycles. The molecule has 0 aromatic heterocycles. The van der Waals surface area contributed by atoms with E-state index in [-0.39, 0.29) is 17.4 Å². The van der Waals surface area contributed by atoms with Gasteiger partial charge in [0, 0.05) is 6.61 Å². The Balaban J connectivity index is 1.90. The van der Waals surface area contributed by atoms with Crippen LogP contribution in [0.15, 0.2) is 11.6 Å². The lowest BCUT2D eigenvalue weighted by molar-refractivity contribution is -0.0418. The molecule has 1 saturated carbocycles. The molecule has 2 rings (SSSR count). The van der Waals surface area contributed by atoms with E-state index in [1.54, 1.807) is 0 Å². The molecular formula is C13H23NO4S. The lowest BCUT2D eigenvalue weighted by atomic mass is 10.1. The summed E-state index contributed by atoms with van der Waals surface area (Å²) < 4.78 is 37.8. The zero-order valence-electron chi connectivity index (χ0n) is 11.6.